The van der Waals surface area contributed by atoms with Crippen molar-refractivity contribution in [2.24, 2.45) is 5.73 Å². The van der Waals surface area contributed by atoms with Crippen molar-refractivity contribution in [3.05, 3.63) is 40.2 Å². The van der Waals surface area contributed by atoms with Gasteiger partial charge in [-0.1, -0.05) is 38.2 Å². The molecule has 2 aromatic rings. The minimum absolute atomic E-state index is 0.00147. The maximum Gasteiger partial charge on any atom is 0.404 e. The molecule has 0 bridgehead atoms. The summed E-state index contributed by atoms with van der Waals surface area (Å²) in [6.45, 7) is 4.33. The summed E-state index contributed by atoms with van der Waals surface area (Å²) in [5, 5.41) is 24.5. The molecule has 0 aliphatic carbocycles. The lowest BCUT2D eigenvalue weighted by molar-refractivity contribution is 0.0558. The third-order valence-electron chi connectivity index (χ3n) is 6.75. The summed E-state index contributed by atoms with van der Waals surface area (Å²) in [7, 11) is 0. The lowest BCUT2D eigenvalue weighted by Gasteiger charge is -2.31. The third-order valence-corrected chi connectivity index (χ3v) is 6.75. The number of piperidine rings is 1. The van der Waals surface area contributed by atoms with Crippen LogP contribution in [-0.4, -0.2) is 65.0 Å². The van der Waals surface area contributed by atoms with Gasteiger partial charge in [-0.15, -0.1) is 0 Å². The number of benzene rings is 1. The lowest BCUT2D eigenvalue weighted by atomic mass is 10.0. The van der Waals surface area contributed by atoms with Crippen LogP contribution in [0.2, 0.25) is 0 Å². The average molecular weight is 489 g/mol. The van der Waals surface area contributed by atoms with E-state index in [-0.39, 0.29) is 17.4 Å². The highest BCUT2D eigenvalue weighted by Gasteiger charge is 2.21. The largest absolute Gasteiger partial charge is 0.506 e. The van der Waals surface area contributed by atoms with Gasteiger partial charge >= 0.3 is 6.09 Å². The minimum atomic E-state index is -0.717. The van der Waals surface area contributed by atoms with E-state index >= 15 is 0 Å². The van der Waals surface area contributed by atoms with Crippen LogP contribution in [-0.2, 0) is 4.74 Å². The van der Waals surface area contributed by atoms with Crippen LogP contribution in [0.5, 0.6) is 5.75 Å². The number of nitrogens with zero attached hydrogens (tertiary/aromatic N) is 1. The third kappa shape index (κ3) is 8.83. The Bertz CT molecular complexity index is 987. The Kier molecular flexibility index (Phi) is 10.8. The number of primary amides is 1. The van der Waals surface area contributed by atoms with Gasteiger partial charge in [-0.3, -0.25) is 4.79 Å². The Labute approximate surface area is 206 Å². The number of unbranched alkanes of at least 4 members (excludes halogenated alkanes) is 6. The molecule has 2 heterocycles. The molecule has 6 N–H and O–H groups in total. The number of amides is 1. The van der Waals surface area contributed by atoms with E-state index in [0.717, 1.165) is 45.4 Å². The van der Waals surface area contributed by atoms with Crippen molar-refractivity contribution in [2.45, 2.75) is 70.0 Å². The molecule has 1 saturated heterocycles. The van der Waals surface area contributed by atoms with Gasteiger partial charge in [-0.2, -0.15) is 0 Å². The molecule has 1 atom stereocenters. The molecule has 3 rings (SSSR count). The van der Waals surface area contributed by atoms with E-state index in [0.29, 0.717) is 23.0 Å². The van der Waals surface area contributed by atoms with Gasteiger partial charge in [0, 0.05) is 31.1 Å². The number of likely N-dealkylation sites (tertiary alicyclic amines) is 1. The number of aliphatic hydroxyl groups is 1. The first-order chi connectivity index (χ1) is 16.9. The first-order valence-electron chi connectivity index (χ1n) is 12.9. The first kappa shape index (κ1) is 27.0. The number of aliphatic hydroxyl groups excluding tert-OH is 1. The summed E-state index contributed by atoms with van der Waals surface area (Å²) < 4.78 is 5.08. The number of phenolic OH excluding ortho intramolecular Hbond substituents is 1. The lowest BCUT2D eigenvalue weighted by Crippen LogP contribution is -2.39. The number of nitrogens with one attached hydrogen (secondary N) is 2. The normalized spacial score (nSPS) is 15.9. The molecule has 0 spiro atoms. The number of pyridine rings is 1. The Morgan fingerprint density at radius 1 is 1.09 bits per heavy atom. The topological polar surface area (TPSA) is 141 Å². The number of rotatable bonds is 14. The number of nitrogens with two attached hydrogens (primary N) is 1. The van der Waals surface area contributed by atoms with Gasteiger partial charge in [0.05, 0.1) is 11.6 Å². The maximum atomic E-state index is 11.5. The van der Waals surface area contributed by atoms with Crippen LogP contribution in [0.1, 0.15) is 69.5 Å². The predicted octanol–water partition coefficient (Wildman–Crippen LogP) is 3.15. The van der Waals surface area contributed by atoms with E-state index in [9.17, 15) is 19.8 Å². The number of hydrogen-bond donors (Lipinski definition) is 5. The van der Waals surface area contributed by atoms with Crippen LogP contribution >= 0.6 is 0 Å². The smallest absolute Gasteiger partial charge is 0.404 e. The second kappa shape index (κ2) is 14.1. The van der Waals surface area contributed by atoms with Gasteiger partial charge in [0.1, 0.15) is 11.9 Å². The zero-order chi connectivity index (χ0) is 25.0. The fourth-order valence-electron chi connectivity index (χ4n) is 4.78. The molecule has 1 aliphatic heterocycles. The minimum Gasteiger partial charge on any atom is -0.506 e. The molecule has 0 radical (unpaired) electrons. The number of carbonyl (C=O) groups is 1. The summed E-state index contributed by atoms with van der Waals surface area (Å²) in [5.74, 6) is -0.00147. The van der Waals surface area contributed by atoms with Crippen LogP contribution in [0.15, 0.2) is 29.1 Å². The van der Waals surface area contributed by atoms with Crippen molar-refractivity contribution in [3.8, 4) is 5.75 Å². The number of carbonyl (C=O) groups excluding carboxylic acids is 1. The van der Waals surface area contributed by atoms with Crippen molar-refractivity contribution >= 4 is 17.0 Å². The van der Waals surface area contributed by atoms with Gasteiger partial charge in [0.15, 0.2) is 0 Å². The molecule has 1 aliphatic rings. The number of phenols is 1. The molecule has 1 fully saturated rings. The summed E-state index contributed by atoms with van der Waals surface area (Å²) >= 11 is 0. The SMILES string of the molecule is NC(=O)OC1CCN(CCCCCCCCCNCC(O)c2ccc(O)c3[nH]c(=O)ccc23)CC1. The van der Waals surface area contributed by atoms with Crippen molar-refractivity contribution in [2.75, 3.05) is 32.7 Å². The molecular formula is C26H40N4O5. The predicted molar refractivity (Wildman–Crippen MR) is 137 cm³/mol. The first-order valence-corrected chi connectivity index (χ1v) is 12.9. The van der Waals surface area contributed by atoms with Crippen molar-refractivity contribution in [1.82, 2.24) is 15.2 Å². The van der Waals surface area contributed by atoms with Gasteiger partial charge < -0.3 is 35.9 Å². The van der Waals surface area contributed by atoms with Crippen molar-refractivity contribution in [1.29, 1.82) is 0 Å². The zero-order valence-electron chi connectivity index (χ0n) is 20.5. The Morgan fingerprint density at radius 2 is 1.77 bits per heavy atom. The van der Waals surface area contributed by atoms with Crippen LogP contribution < -0.4 is 16.6 Å². The van der Waals surface area contributed by atoms with Gasteiger partial charge in [0.2, 0.25) is 5.56 Å². The molecule has 35 heavy (non-hydrogen) atoms. The van der Waals surface area contributed by atoms with Crippen LogP contribution in [0, 0.1) is 0 Å². The maximum absolute atomic E-state index is 11.5. The van der Waals surface area contributed by atoms with Crippen LogP contribution in [0.4, 0.5) is 4.79 Å². The molecular weight excluding hydrogens is 448 g/mol. The summed E-state index contributed by atoms with van der Waals surface area (Å²) in [6.07, 6.45) is 8.76. The highest BCUT2D eigenvalue weighted by atomic mass is 16.6. The Morgan fingerprint density at radius 3 is 2.49 bits per heavy atom. The molecule has 1 aromatic carbocycles. The Hall–Kier alpha value is -2.62. The quantitative estimate of drug-likeness (QED) is 0.257. The van der Waals surface area contributed by atoms with E-state index in [4.69, 9.17) is 10.5 Å². The second-order valence-corrected chi connectivity index (χ2v) is 9.46. The van der Waals surface area contributed by atoms with Crippen LogP contribution in [0.25, 0.3) is 10.9 Å². The number of aromatic hydroxyl groups is 1. The second-order valence-electron chi connectivity index (χ2n) is 9.46. The van der Waals surface area contributed by atoms with E-state index < -0.39 is 12.2 Å². The molecule has 9 nitrogen and oxygen atoms in total. The number of aromatic nitrogens is 1. The van der Waals surface area contributed by atoms with E-state index in [2.05, 4.69) is 15.2 Å². The number of fused-ring (bicyclic) bond motifs is 1. The average Bonchev–Trinajstić information content (AvgIpc) is 2.83. The Balaban J connectivity index is 1.19. The van der Waals surface area contributed by atoms with Crippen LogP contribution in [0.3, 0.4) is 0 Å². The molecule has 0 saturated carbocycles. The van der Waals surface area contributed by atoms with Crippen molar-refractivity contribution in [3.63, 3.8) is 0 Å². The summed E-state index contributed by atoms with van der Waals surface area (Å²) in [6, 6.07) is 6.23. The van der Waals surface area contributed by atoms with Gasteiger partial charge in [-0.05, 0) is 56.5 Å². The summed E-state index contributed by atoms with van der Waals surface area (Å²) in [4.78, 5) is 27.4. The monoisotopic (exact) mass is 488 g/mol. The van der Waals surface area contributed by atoms with E-state index in [1.807, 2.05) is 0 Å². The zero-order valence-corrected chi connectivity index (χ0v) is 20.5. The van der Waals surface area contributed by atoms with Gasteiger partial charge in [0.25, 0.3) is 0 Å². The number of ether oxygens (including phenoxy) is 1. The van der Waals surface area contributed by atoms with Gasteiger partial charge in [-0.25, -0.2) is 4.79 Å². The fraction of sp³-hybridized carbons (Fsp3) is 0.615. The number of H-pyrrole nitrogens is 1. The molecule has 1 unspecified atom stereocenters. The van der Waals surface area contributed by atoms with Crippen molar-refractivity contribution < 1.29 is 19.7 Å². The molecule has 1 aromatic heterocycles. The number of aromatic amines is 1. The molecule has 194 valence electrons. The van der Waals surface area contributed by atoms with E-state index in [1.165, 1.54) is 50.7 Å². The highest BCUT2D eigenvalue weighted by Crippen LogP contribution is 2.28. The van der Waals surface area contributed by atoms with E-state index in [1.54, 1.807) is 12.1 Å². The number of hydrogen-bond acceptors (Lipinski definition) is 7. The highest BCUT2D eigenvalue weighted by molar-refractivity contribution is 5.87. The molecule has 9 heteroatoms. The fourth-order valence-corrected chi connectivity index (χ4v) is 4.78. The summed E-state index contributed by atoms with van der Waals surface area (Å²) in [5.41, 5.74) is 5.84. The standard InChI is InChI=1S/C26H40N4O5/c27-26(34)35-19-12-16-30(17-13-19)15-7-5-3-1-2-4-6-14-28-18-23(32)20-8-10-22(31)25-21(20)9-11-24(33)29-25/h8-11,19,23,28,31-32H,1-7,12-18H2,(H2,27,34)(H,29,33). The molecule has 1 amide bonds.